The molecule has 2 rings (SSSR count). The first kappa shape index (κ1) is 11.0. The Kier molecular flexibility index (Phi) is 2.95. The van der Waals surface area contributed by atoms with Crippen molar-refractivity contribution in [1.82, 2.24) is 9.78 Å². The SMILES string of the molecule is Nc1ccn(Cc2cccc(NC(=O)O)c2)n1. The van der Waals surface area contributed by atoms with E-state index in [0.29, 0.717) is 18.1 Å². The van der Waals surface area contributed by atoms with E-state index in [9.17, 15) is 4.79 Å². The molecule has 4 N–H and O–H groups in total. The summed E-state index contributed by atoms with van der Waals surface area (Å²) in [5.74, 6) is 0.463. The van der Waals surface area contributed by atoms with Gasteiger partial charge in [0.2, 0.25) is 0 Å². The standard InChI is InChI=1S/C11H12N4O2/c12-10-4-5-15(14-10)7-8-2-1-3-9(6-8)13-11(16)17/h1-6,13H,7H2,(H2,12,14)(H,16,17). The third-order valence-electron chi connectivity index (χ3n) is 2.18. The van der Waals surface area contributed by atoms with Crippen LogP contribution in [0.4, 0.5) is 16.3 Å². The summed E-state index contributed by atoms with van der Waals surface area (Å²) in [6.07, 6.45) is 0.692. The Morgan fingerprint density at radius 2 is 2.29 bits per heavy atom. The molecule has 0 spiro atoms. The molecular formula is C11H12N4O2. The average Bonchev–Trinajstić information content (AvgIpc) is 2.63. The van der Waals surface area contributed by atoms with Gasteiger partial charge in [0.05, 0.1) is 6.54 Å². The molecule has 0 saturated heterocycles. The molecule has 0 aliphatic carbocycles. The number of hydrogen-bond donors (Lipinski definition) is 3. The zero-order valence-corrected chi connectivity index (χ0v) is 9.00. The smallest absolute Gasteiger partial charge is 0.409 e. The number of rotatable bonds is 3. The van der Waals surface area contributed by atoms with Gasteiger partial charge in [-0.25, -0.2) is 4.79 Å². The highest BCUT2D eigenvalue weighted by Crippen LogP contribution is 2.12. The van der Waals surface area contributed by atoms with Gasteiger partial charge in [0.25, 0.3) is 0 Å². The minimum Gasteiger partial charge on any atom is -0.465 e. The highest BCUT2D eigenvalue weighted by Gasteiger charge is 2.01. The highest BCUT2D eigenvalue weighted by atomic mass is 16.4. The summed E-state index contributed by atoms with van der Waals surface area (Å²) < 4.78 is 1.69. The highest BCUT2D eigenvalue weighted by molar-refractivity contribution is 5.82. The zero-order chi connectivity index (χ0) is 12.3. The molecule has 0 fully saturated rings. The van der Waals surface area contributed by atoms with Crippen LogP contribution in [0.25, 0.3) is 0 Å². The predicted octanol–water partition coefficient (Wildman–Crippen LogP) is 1.60. The van der Waals surface area contributed by atoms with Crippen molar-refractivity contribution in [3.8, 4) is 0 Å². The first-order valence-electron chi connectivity index (χ1n) is 5.01. The van der Waals surface area contributed by atoms with Gasteiger partial charge in [0.1, 0.15) is 5.82 Å². The fraction of sp³-hybridized carbons (Fsp3) is 0.0909. The van der Waals surface area contributed by atoms with E-state index in [2.05, 4.69) is 10.4 Å². The lowest BCUT2D eigenvalue weighted by Crippen LogP contribution is -2.08. The lowest BCUT2D eigenvalue weighted by molar-refractivity contribution is 0.210. The Labute approximate surface area is 97.7 Å². The van der Waals surface area contributed by atoms with Crippen LogP contribution >= 0.6 is 0 Å². The fourth-order valence-corrected chi connectivity index (χ4v) is 1.52. The van der Waals surface area contributed by atoms with Crippen LogP contribution in [0.3, 0.4) is 0 Å². The molecule has 1 amide bonds. The summed E-state index contributed by atoms with van der Waals surface area (Å²) in [6, 6.07) is 8.83. The summed E-state index contributed by atoms with van der Waals surface area (Å²) in [7, 11) is 0. The number of hydrogen-bond acceptors (Lipinski definition) is 3. The molecule has 0 bridgehead atoms. The van der Waals surface area contributed by atoms with Crippen LogP contribution in [0, 0.1) is 0 Å². The lowest BCUT2D eigenvalue weighted by atomic mass is 10.2. The number of nitrogen functional groups attached to an aromatic ring is 1. The number of anilines is 2. The molecule has 0 radical (unpaired) electrons. The van der Waals surface area contributed by atoms with Gasteiger partial charge in [-0.05, 0) is 23.8 Å². The molecule has 88 valence electrons. The van der Waals surface area contributed by atoms with Gasteiger partial charge in [0.15, 0.2) is 0 Å². The van der Waals surface area contributed by atoms with Gasteiger partial charge in [-0.1, -0.05) is 12.1 Å². The van der Waals surface area contributed by atoms with Crippen molar-refractivity contribution in [3.05, 3.63) is 42.1 Å². The van der Waals surface area contributed by atoms with E-state index in [-0.39, 0.29) is 0 Å². The van der Waals surface area contributed by atoms with Crippen LogP contribution in [0.5, 0.6) is 0 Å². The van der Waals surface area contributed by atoms with Gasteiger partial charge in [-0.2, -0.15) is 5.10 Å². The van der Waals surface area contributed by atoms with Crippen molar-refractivity contribution >= 4 is 17.6 Å². The number of amides is 1. The Hall–Kier alpha value is -2.50. The molecule has 0 saturated carbocycles. The van der Waals surface area contributed by atoms with E-state index in [1.807, 2.05) is 6.07 Å². The third-order valence-corrected chi connectivity index (χ3v) is 2.18. The van der Waals surface area contributed by atoms with E-state index in [1.54, 1.807) is 35.1 Å². The number of nitrogens with one attached hydrogen (secondary N) is 1. The van der Waals surface area contributed by atoms with Gasteiger partial charge in [0, 0.05) is 11.9 Å². The van der Waals surface area contributed by atoms with E-state index in [0.717, 1.165) is 5.56 Å². The molecular weight excluding hydrogens is 220 g/mol. The average molecular weight is 232 g/mol. The summed E-state index contributed by atoms with van der Waals surface area (Å²) in [6.45, 7) is 0.548. The van der Waals surface area contributed by atoms with Gasteiger partial charge in [-0.15, -0.1) is 0 Å². The van der Waals surface area contributed by atoms with Gasteiger partial charge in [-0.3, -0.25) is 10.00 Å². The number of carboxylic acid groups (broad SMARTS) is 1. The first-order chi connectivity index (χ1) is 8.13. The summed E-state index contributed by atoms with van der Waals surface area (Å²) in [5, 5.41) is 15.0. The van der Waals surface area contributed by atoms with Gasteiger partial charge < -0.3 is 10.8 Å². The molecule has 17 heavy (non-hydrogen) atoms. The molecule has 0 unspecified atom stereocenters. The maximum atomic E-state index is 10.5. The van der Waals surface area contributed by atoms with E-state index in [4.69, 9.17) is 10.8 Å². The summed E-state index contributed by atoms with van der Waals surface area (Å²) in [4.78, 5) is 10.5. The molecule has 0 aliphatic heterocycles. The second-order valence-corrected chi connectivity index (χ2v) is 3.57. The molecule has 0 atom stereocenters. The topological polar surface area (TPSA) is 93.2 Å². The Morgan fingerprint density at radius 3 is 2.94 bits per heavy atom. The second-order valence-electron chi connectivity index (χ2n) is 3.57. The van der Waals surface area contributed by atoms with E-state index >= 15 is 0 Å². The van der Waals surface area contributed by atoms with Crippen molar-refractivity contribution in [1.29, 1.82) is 0 Å². The predicted molar refractivity (Wildman–Crippen MR) is 63.8 cm³/mol. The van der Waals surface area contributed by atoms with Crippen LogP contribution < -0.4 is 11.1 Å². The molecule has 0 aliphatic rings. The lowest BCUT2D eigenvalue weighted by Gasteiger charge is -2.05. The minimum atomic E-state index is -1.08. The van der Waals surface area contributed by atoms with Gasteiger partial charge >= 0.3 is 6.09 Å². The normalized spacial score (nSPS) is 10.1. The van der Waals surface area contributed by atoms with Crippen molar-refractivity contribution in [2.24, 2.45) is 0 Å². The van der Waals surface area contributed by atoms with E-state index < -0.39 is 6.09 Å². The molecule has 6 nitrogen and oxygen atoms in total. The Morgan fingerprint density at radius 1 is 1.47 bits per heavy atom. The first-order valence-corrected chi connectivity index (χ1v) is 5.01. The summed E-state index contributed by atoms with van der Waals surface area (Å²) in [5.41, 5.74) is 6.99. The molecule has 6 heteroatoms. The monoisotopic (exact) mass is 232 g/mol. The maximum absolute atomic E-state index is 10.5. The summed E-state index contributed by atoms with van der Waals surface area (Å²) >= 11 is 0. The molecule has 1 heterocycles. The van der Waals surface area contributed by atoms with Crippen LogP contribution in [0.1, 0.15) is 5.56 Å². The quantitative estimate of drug-likeness (QED) is 0.749. The molecule has 2 aromatic rings. The molecule has 1 aromatic carbocycles. The third kappa shape index (κ3) is 2.97. The Bertz CT molecular complexity index is 536. The maximum Gasteiger partial charge on any atom is 0.409 e. The number of aromatic nitrogens is 2. The minimum absolute atomic E-state index is 0.463. The fourth-order valence-electron chi connectivity index (χ4n) is 1.52. The van der Waals surface area contributed by atoms with Crippen LogP contribution in [0.15, 0.2) is 36.5 Å². The van der Waals surface area contributed by atoms with Crippen molar-refractivity contribution < 1.29 is 9.90 Å². The number of nitrogens with zero attached hydrogens (tertiary/aromatic N) is 2. The van der Waals surface area contributed by atoms with Crippen molar-refractivity contribution in [3.63, 3.8) is 0 Å². The number of benzene rings is 1. The van der Waals surface area contributed by atoms with Crippen LogP contribution in [-0.2, 0) is 6.54 Å². The van der Waals surface area contributed by atoms with Crippen LogP contribution in [0.2, 0.25) is 0 Å². The number of carbonyl (C=O) groups is 1. The zero-order valence-electron chi connectivity index (χ0n) is 9.00. The van der Waals surface area contributed by atoms with Crippen LogP contribution in [-0.4, -0.2) is 21.0 Å². The second kappa shape index (κ2) is 4.56. The van der Waals surface area contributed by atoms with Crippen molar-refractivity contribution in [2.45, 2.75) is 6.54 Å². The van der Waals surface area contributed by atoms with E-state index in [1.165, 1.54) is 0 Å². The largest absolute Gasteiger partial charge is 0.465 e. The Balaban J connectivity index is 2.13. The molecule has 1 aromatic heterocycles. The number of nitrogens with two attached hydrogens (primary N) is 1. The van der Waals surface area contributed by atoms with Crippen molar-refractivity contribution in [2.75, 3.05) is 11.1 Å².